The van der Waals surface area contributed by atoms with Crippen molar-refractivity contribution in [1.82, 2.24) is 5.06 Å². The second kappa shape index (κ2) is 2.86. The molecule has 0 spiro atoms. The lowest BCUT2D eigenvalue weighted by Gasteiger charge is -2.19. The molecule has 1 aliphatic heterocycles. The molecule has 1 unspecified atom stereocenters. The van der Waals surface area contributed by atoms with Crippen LogP contribution in [0.3, 0.4) is 0 Å². The number of aliphatic hydroxyl groups excluding tert-OH is 1. The monoisotopic (exact) mass is 141 g/mol. The molecule has 0 aromatic carbocycles. The van der Waals surface area contributed by atoms with Gasteiger partial charge in [0.1, 0.15) is 0 Å². The second-order valence-electron chi connectivity index (χ2n) is 2.36. The Morgan fingerprint density at radius 1 is 1.70 bits per heavy atom. The average molecular weight is 141 g/mol. The SMILES string of the molecule is CC1C=CN(O)C(CO)=C1. The Labute approximate surface area is 59.8 Å². The van der Waals surface area contributed by atoms with Gasteiger partial charge < -0.3 is 5.11 Å². The summed E-state index contributed by atoms with van der Waals surface area (Å²) in [6.07, 6.45) is 5.19. The molecule has 0 amide bonds. The van der Waals surface area contributed by atoms with Gasteiger partial charge in [-0.2, -0.15) is 0 Å². The van der Waals surface area contributed by atoms with E-state index in [-0.39, 0.29) is 6.61 Å². The number of nitrogens with zero attached hydrogens (tertiary/aromatic N) is 1. The standard InChI is InChI=1S/C7H11NO2/c1-6-2-3-8(10)7(4-6)5-9/h2-4,6,9-10H,5H2,1H3. The number of allylic oxidation sites excluding steroid dienone is 2. The molecule has 3 heteroatoms. The largest absolute Gasteiger partial charge is 0.390 e. The molecule has 56 valence electrons. The van der Waals surface area contributed by atoms with Gasteiger partial charge in [0.25, 0.3) is 0 Å². The van der Waals surface area contributed by atoms with E-state index in [2.05, 4.69) is 0 Å². The fourth-order valence-corrected chi connectivity index (χ4v) is 0.874. The minimum absolute atomic E-state index is 0.120. The first kappa shape index (κ1) is 7.31. The van der Waals surface area contributed by atoms with Gasteiger partial charge in [-0.3, -0.25) is 5.21 Å². The summed E-state index contributed by atoms with van der Waals surface area (Å²) >= 11 is 0. The molecule has 1 atom stereocenters. The maximum Gasteiger partial charge on any atom is 0.0854 e. The van der Waals surface area contributed by atoms with Crippen LogP contribution in [0, 0.1) is 5.92 Å². The summed E-state index contributed by atoms with van der Waals surface area (Å²) in [5.74, 6) is 0.297. The van der Waals surface area contributed by atoms with Crippen molar-refractivity contribution in [3.05, 3.63) is 24.0 Å². The van der Waals surface area contributed by atoms with Gasteiger partial charge in [-0.05, 0) is 5.92 Å². The lowest BCUT2D eigenvalue weighted by molar-refractivity contribution is -0.0175. The van der Waals surface area contributed by atoms with Crippen LogP contribution in [0.2, 0.25) is 0 Å². The first-order valence-electron chi connectivity index (χ1n) is 3.22. The van der Waals surface area contributed by atoms with Crippen LogP contribution in [0.15, 0.2) is 24.0 Å². The molecule has 0 saturated carbocycles. The van der Waals surface area contributed by atoms with E-state index >= 15 is 0 Å². The molecule has 0 aromatic heterocycles. The van der Waals surface area contributed by atoms with Gasteiger partial charge in [-0.25, -0.2) is 5.06 Å². The lowest BCUT2D eigenvalue weighted by atomic mass is 10.1. The van der Waals surface area contributed by atoms with Gasteiger partial charge in [0.2, 0.25) is 0 Å². The summed E-state index contributed by atoms with van der Waals surface area (Å²) in [7, 11) is 0. The van der Waals surface area contributed by atoms with E-state index in [4.69, 9.17) is 10.3 Å². The molecular formula is C7H11NO2. The molecule has 0 aliphatic carbocycles. The summed E-state index contributed by atoms with van der Waals surface area (Å²) in [5, 5.41) is 18.6. The van der Waals surface area contributed by atoms with Crippen molar-refractivity contribution in [2.45, 2.75) is 6.92 Å². The second-order valence-corrected chi connectivity index (χ2v) is 2.36. The summed E-state index contributed by atoms with van der Waals surface area (Å²) in [5.41, 5.74) is 0.537. The van der Waals surface area contributed by atoms with Crippen molar-refractivity contribution in [3.8, 4) is 0 Å². The van der Waals surface area contributed by atoms with Crippen LogP contribution in [-0.4, -0.2) is 22.0 Å². The number of aliphatic hydroxyl groups is 1. The van der Waals surface area contributed by atoms with Gasteiger partial charge in [0.05, 0.1) is 12.3 Å². The van der Waals surface area contributed by atoms with E-state index in [1.165, 1.54) is 6.20 Å². The van der Waals surface area contributed by atoms with E-state index < -0.39 is 0 Å². The van der Waals surface area contributed by atoms with Crippen LogP contribution in [0.5, 0.6) is 0 Å². The van der Waals surface area contributed by atoms with Crippen molar-refractivity contribution < 1.29 is 10.3 Å². The van der Waals surface area contributed by atoms with Crippen LogP contribution < -0.4 is 0 Å². The molecular weight excluding hydrogens is 130 g/mol. The third-order valence-electron chi connectivity index (χ3n) is 1.44. The van der Waals surface area contributed by atoms with Crippen molar-refractivity contribution in [2.75, 3.05) is 6.61 Å². The van der Waals surface area contributed by atoms with E-state index in [9.17, 15) is 0 Å². The minimum atomic E-state index is -0.120. The molecule has 2 N–H and O–H groups in total. The molecule has 0 aromatic rings. The molecule has 1 aliphatic rings. The highest BCUT2D eigenvalue weighted by atomic mass is 16.5. The van der Waals surface area contributed by atoms with Gasteiger partial charge in [-0.1, -0.05) is 19.1 Å². The van der Waals surface area contributed by atoms with Gasteiger partial charge in [0.15, 0.2) is 0 Å². The minimum Gasteiger partial charge on any atom is -0.390 e. The lowest BCUT2D eigenvalue weighted by Crippen LogP contribution is -2.18. The Balaban J connectivity index is 2.69. The molecule has 1 rings (SSSR count). The zero-order valence-electron chi connectivity index (χ0n) is 5.86. The Kier molecular flexibility index (Phi) is 2.09. The summed E-state index contributed by atoms with van der Waals surface area (Å²) < 4.78 is 0. The van der Waals surface area contributed by atoms with E-state index in [1.807, 2.05) is 13.0 Å². The Bertz CT molecular complexity index is 174. The quantitative estimate of drug-likeness (QED) is 0.565. The van der Waals surface area contributed by atoms with E-state index in [0.717, 1.165) is 5.06 Å². The molecule has 10 heavy (non-hydrogen) atoms. The van der Waals surface area contributed by atoms with E-state index in [0.29, 0.717) is 11.6 Å². The van der Waals surface area contributed by atoms with Crippen molar-refractivity contribution in [1.29, 1.82) is 0 Å². The van der Waals surface area contributed by atoms with Crippen LogP contribution in [0.25, 0.3) is 0 Å². The summed E-state index contributed by atoms with van der Waals surface area (Å²) in [6.45, 7) is 1.87. The third-order valence-corrected chi connectivity index (χ3v) is 1.44. The third kappa shape index (κ3) is 1.37. The maximum atomic E-state index is 9.00. The van der Waals surface area contributed by atoms with Gasteiger partial charge in [-0.15, -0.1) is 0 Å². The summed E-state index contributed by atoms with van der Waals surface area (Å²) in [6, 6.07) is 0. The zero-order chi connectivity index (χ0) is 7.56. The fourth-order valence-electron chi connectivity index (χ4n) is 0.874. The first-order valence-corrected chi connectivity index (χ1v) is 3.22. The molecule has 3 nitrogen and oxygen atoms in total. The normalized spacial score (nSPS) is 24.9. The van der Waals surface area contributed by atoms with Crippen LogP contribution in [0.4, 0.5) is 0 Å². The van der Waals surface area contributed by atoms with Crippen molar-refractivity contribution in [2.24, 2.45) is 5.92 Å². The van der Waals surface area contributed by atoms with Crippen molar-refractivity contribution >= 4 is 0 Å². The average Bonchev–Trinajstić information content (AvgIpc) is 1.94. The molecule has 1 heterocycles. The number of hydroxylamine groups is 2. The topological polar surface area (TPSA) is 43.7 Å². The van der Waals surface area contributed by atoms with Crippen LogP contribution in [-0.2, 0) is 0 Å². The number of hydrogen-bond donors (Lipinski definition) is 2. The van der Waals surface area contributed by atoms with Gasteiger partial charge >= 0.3 is 0 Å². The fraction of sp³-hybridized carbons (Fsp3) is 0.429. The van der Waals surface area contributed by atoms with Crippen LogP contribution in [0.1, 0.15) is 6.92 Å². The zero-order valence-corrected chi connectivity index (χ0v) is 5.86. The number of rotatable bonds is 1. The summed E-state index contributed by atoms with van der Waals surface area (Å²) in [4.78, 5) is 0. The molecule has 0 saturated heterocycles. The Morgan fingerprint density at radius 2 is 2.40 bits per heavy atom. The van der Waals surface area contributed by atoms with Crippen molar-refractivity contribution in [3.63, 3.8) is 0 Å². The first-order chi connectivity index (χ1) is 4.74. The predicted octanol–water partition coefficient (Wildman–Crippen LogP) is 0.717. The molecule has 0 radical (unpaired) electrons. The van der Waals surface area contributed by atoms with E-state index in [1.54, 1.807) is 6.08 Å². The highest BCUT2D eigenvalue weighted by Gasteiger charge is 2.08. The molecule has 0 bridgehead atoms. The maximum absolute atomic E-state index is 9.00. The molecule has 0 fully saturated rings. The predicted molar refractivity (Wildman–Crippen MR) is 37.1 cm³/mol. The Morgan fingerprint density at radius 3 is 2.90 bits per heavy atom. The van der Waals surface area contributed by atoms with Gasteiger partial charge in [0, 0.05) is 6.20 Å². The number of hydrogen-bond acceptors (Lipinski definition) is 3. The smallest absolute Gasteiger partial charge is 0.0854 e. The Hall–Kier alpha value is -0.800. The highest BCUT2D eigenvalue weighted by molar-refractivity contribution is 5.13. The highest BCUT2D eigenvalue weighted by Crippen LogP contribution is 2.13. The van der Waals surface area contributed by atoms with Crippen LogP contribution >= 0.6 is 0 Å².